The van der Waals surface area contributed by atoms with Gasteiger partial charge in [-0.25, -0.2) is 0 Å². The monoisotopic (exact) mass is 214 g/mol. The van der Waals surface area contributed by atoms with Gasteiger partial charge in [-0.1, -0.05) is 6.07 Å². The van der Waals surface area contributed by atoms with Crippen LogP contribution in [0.5, 0.6) is 0 Å². The van der Waals surface area contributed by atoms with E-state index in [2.05, 4.69) is 9.97 Å². The Morgan fingerprint density at radius 3 is 2.62 bits per heavy atom. The van der Waals surface area contributed by atoms with E-state index in [4.69, 9.17) is 0 Å². The molecule has 0 saturated carbocycles. The van der Waals surface area contributed by atoms with E-state index in [-0.39, 0.29) is 0 Å². The van der Waals surface area contributed by atoms with Crippen LogP contribution in [0.25, 0.3) is 0 Å². The number of hydrogen-bond donors (Lipinski definition) is 1. The average Bonchev–Trinajstić information content (AvgIpc) is 2.29. The summed E-state index contributed by atoms with van der Waals surface area (Å²) in [4.78, 5) is 8.10. The zero-order chi connectivity index (χ0) is 11.5. The van der Waals surface area contributed by atoms with Gasteiger partial charge < -0.3 is 5.11 Å². The molecule has 0 fully saturated rings. The second kappa shape index (κ2) is 4.41. The van der Waals surface area contributed by atoms with Crippen LogP contribution in [0.2, 0.25) is 0 Å². The second-order valence-corrected chi connectivity index (χ2v) is 3.93. The first kappa shape index (κ1) is 10.8. The Kier molecular flexibility index (Phi) is 2.97. The summed E-state index contributed by atoms with van der Waals surface area (Å²) in [6, 6.07) is 3.78. The molecule has 0 bridgehead atoms. The van der Waals surface area contributed by atoms with Crippen LogP contribution in [-0.2, 0) is 0 Å². The lowest BCUT2D eigenvalue weighted by Crippen LogP contribution is -2.03. The number of rotatable bonds is 2. The molecule has 16 heavy (non-hydrogen) atoms. The SMILES string of the molecule is Cc1cncc(C(O)c2ccncc2C)c1. The Balaban J connectivity index is 2.39. The molecular weight excluding hydrogens is 200 g/mol. The van der Waals surface area contributed by atoms with E-state index in [9.17, 15) is 5.11 Å². The third-order valence-electron chi connectivity index (χ3n) is 2.57. The van der Waals surface area contributed by atoms with Crippen molar-refractivity contribution in [2.45, 2.75) is 20.0 Å². The van der Waals surface area contributed by atoms with Crippen molar-refractivity contribution in [1.82, 2.24) is 9.97 Å². The van der Waals surface area contributed by atoms with Gasteiger partial charge in [-0.05, 0) is 36.6 Å². The quantitative estimate of drug-likeness (QED) is 0.833. The number of aliphatic hydroxyl groups is 1. The molecule has 0 amide bonds. The third-order valence-corrected chi connectivity index (χ3v) is 2.57. The first-order chi connectivity index (χ1) is 7.68. The highest BCUT2D eigenvalue weighted by molar-refractivity contribution is 5.33. The molecule has 0 radical (unpaired) electrons. The first-order valence-corrected chi connectivity index (χ1v) is 5.18. The number of hydrogen-bond acceptors (Lipinski definition) is 3. The van der Waals surface area contributed by atoms with Crippen LogP contribution in [0.1, 0.15) is 28.4 Å². The van der Waals surface area contributed by atoms with Gasteiger partial charge in [0.05, 0.1) is 0 Å². The summed E-state index contributed by atoms with van der Waals surface area (Å²) in [6.45, 7) is 3.90. The van der Waals surface area contributed by atoms with Crippen LogP contribution >= 0.6 is 0 Å². The summed E-state index contributed by atoms with van der Waals surface area (Å²) >= 11 is 0. The zero-order valence-electron chi connectivity index (χ0n) is 9.38. The van der Waals surface area contributed by atoms with Crippen molar-refractivity contribution in [1.29, 1.82) is 0 Å². The summed E-state index contributed by atoms with van der Waals surface area (Å²) in [5.41, 5.74) is 3.72. The molecule has 2 rings (SSSR count). The fourth-order valence-corrected chi connectivity index (χ4v) is 1.70. The maximum Gasteiger partial charge on any atom is 0.106 e. The summed E-state index contributed by atoms with van der Waals surface area (Å²) in [5, 5.41) is 10.2. The molecule has 0 aromatic carbocycles. The number of aliphatic hydroxyl groups excluding tert-OH is 1. The lowest BCUT2D eigenvalue weighted by atomic mass is 10.00. The van der Waals surface area contributed by atoms with Crippen molar-refractivity contribution < 1.29 is 5.11 Å². The molecule has 1 atom stereocenters. The Morgan fingerprint density at radius 1 is 1.12 bits per heavy atom. The molecule has 1 unspecified atom stereocenters. The van der Waals surface area contributed by atoms with Crippen molar-refractivity contribution in [3.63, 3.8) is 0 Å². The van der Waals surface area contributed by atoms with E-state index in [0.29, 0.717) is 0 Å². The van der Waals surface area contributed by atoms with Crippen LogP contribution in [-0.4, -0.2) is 15.1 Å². The summed E-state index contributed by atoms with van der Waals surface area (Å²) < 4.78 is 0. The van der Waals surface area contributed by atoms with Crippen molar-refractivity contribution in [2.24, 2.45) is 0 Å². The first-order valence-electron chi connectivity index (χ1n) is 5.18. The predicted molar refractivity (Wildman–Crippen MR) is 62.0 cm³/mol. The number of aromatic nitrogens is 2. The molecule has 0 aliphatic heterocycles. The minimum absolute atomic E-state index is 0.629. The van der Waals surface area contributed by atoms with E-state index in [1.54, 1.807) is 24.8 Å². The maximum absolute atomic E-state index is 10.2. The highest BCUT2D eigenvalue weighted by Crippen LogP contribution is 2.23. The number of aryl methyl sites for hydroxylation is 2. The molecule has 82 valence electrons. The van der Waals surface area contributed by atoms with Gasteiger partial charge in [0.1, 0.15) is 6.10 Å². The van der Waals surface area contributed by atoms with Gasteiger partial charge in [0.15, 0.2) is 0 Å². The molecule has 0 aliphatic carbocycles. The van der Waals surface area contributed by atoms with E-state index in [1.807, 2.05) is 26.0 Å². The number of nitrogens with zero attached hydrogens (tertiary/aromatic N) is 2. The summed E-state index contributed by atoms with van der Waals surface area (Å²) in [6.07, 6.45) is 6.28. The number of pyridine rings is 2. The highest BCUT2D eigenvalue weighted by atomic mass is 16.3. The summed E-state index contributed by atoms with van der Waals surface area (Å²) in [5.74, 6) is 0. The third kappa shape index (κ3) is 2.09. The van der Waals surface area contributed by atoms with E-state index in [0.717, 1.165) is 22.3 Å². The van der Waals surface area contributed by atoms with Gasteiger partial charge in [-0.15, -0.1) is 0 Å². The normalized spacial score (nSPS) is 12.4. The Hall–Kier alpha value is -1.74. The van der Waals surface area contributed by atoms with E-state index < -0.39 is 6.10 Å². The predicted octanol–water partition coefficient (Wildman–Crippen LogP) is 2.18. The van der Waals surface area contributed by atoms with E-state index in [1.165, 1.54) is 0 Å². The van der Waals surface area contributed by atoms with Crippen molar-refractivity contribution >= 4 is 0 Å². The Morgan fingerprint density at radius 2 is 1.94 bits per heavy atom. The standard InChI is InChI=1S/C13H14N2O/c1-9-5-11(8-15-6-9)13(16)12-3-4-14-7-10(12)2/h3-8,13,16H,1-2H3. The minimum atomic E-state index is -0.629. The van der Waals surface area contributed by atoms with Crippen LogP contribution in [0.15, 0.2) is 36.9 Å². The van der Waals surface area contributed by atoms with Crippen LogP contribution in [0, 0.1) is 13.8 Å². The molecule has 1 N–H and O–H groups in total. The van der Waals surface area contributed by atoms with Gasteiger partial charge in [0, 0.05) is 30.4 Å². The fraction of sp³-hybridized carbons (Fsp3) is 0.231. The summed E-state index contributed by atoms with van der Waals surface area (Å²) in [7, 11) is 0. The van der Waals surface area contributed by atoms with Crippen LogP contribution in [0.3, 0.4) is 0 Å². The van der Waals surface area contributed by atoms with Crippen molar-refractivity contribution in [3.8, 4) is 0 Å². The zero-order valence-corrected chi connectivity index (χ0v) is 9.38. The lowest BCUT2D eigenvalue weighted by Gasteiger charge is -2.13. The average molecular weight is 214 g/mol. The van der Waals surface area contributed by atoms with Crippen LogP contribution in [0.4, 0.5) is 0 Å². The van der Waals surface area contributed by atoms with Crippen molar-refractivity contribution in [3.05, 3.63) is 59.2 Å². The second-order valence-electron chi connectivity index (χ2n) is 3.93. The van der Waals surface area contributed by atoms with E-state index >= 15 is 0 Å². The van der Waals surface area contributed by atoms with Crippen molar-refractivity contribution in [2.75, 3.05) is 0 Å². The Bertz CT molecular complexity index is 497. The van der Waals surface area contributed by atoms with Gasteiger partial charge >= 0.3 is 0 Å². The molecule has 3 heteroatoms. The topological polar surface area (TPSA) is 46.0 Å². The molecule has 0 spiro atoms. The molecule has 2 heterocycles. The minimum Gasteiger partial charge on any atom is -0.384 e. The molecule has 2 aromatic rings. The lowest BCUT2D eigenvalue weighted by molar-refractivity contribution is 0.219. The fourth-order valence-electron chi connectivity index (χ4n) is 1.70. The highest BCUT2D eigenvalue weighted by Gasteiger charge is 2.12. The molecule has 2 aromatic heterocycles. The molecular formula is C13H14N2O. The maximum atomic E-state index is 10.2. The van der Waals surface area contributed by atoms with Gasteiger partial charge in [-0.2, -0.15) is 0 Å². The van der Waals surface area contributed by atoms with Gasteiger partial charge in [0.25, 0.3) is 0 Å². The largest absolute Gasteiger partial charge is 0.384 e. The molecule has 3 nitrogen and oxygen atoms in total. The smallest absolute Gasteiger partial charge is 0.106 e. The van der Waals surface area contributed by atoms with Gasteiger partial charge in [0.2, 0.25) is 0 Å². The van der Waals surface area contributed by atoms with Gasteiger partial charge in [-0.3, -0.25) is 9.97 Å². The Labute approximate surface area is 94.8 Å². The molecule has 0 saturated heterocycles. The molecule has 0 aliphatic rings. The van der Waals surface area contributed by atoms with Crippen LogP contribution < -0.4 is 0 Å².